The Morgan fingerprint density at radius 1 is 1.00 bits per heavy atom. The lowest BCUT2D eigenvalue weighted by atomic mass is 9.78. The Morgan fingerprint density at radius 3 is 1.67 bits per heavy atom. The summed E-state index contributed by atoms with van der Waals surface area (Å²) in [6.07, 6.45) is 3.59. The molecule has 2 rings (SSSR count). The van der Waals surface area contributed by atoms with Crippen molar-refractivity contribution >= 4 is 11.6 Å². The van der Waals surface area contributed by atoms with Crippen molar-refractivity contribution in [3.8, 4) is 0 Å². The lowest BCUT2D eigenvalue weighted by Crippen LogP contribution is -2.25. The van der Waals surface area contributed by atoms with E-state index >= 15 is 0 Å². The van der Waals surface area contributed by atoms with Crippen LogP contribution >= 0.6 is 0 Å². The molecule has 0 spiro atoms. The van der Waals surface area contributed by atoms with E-state index in [1.54, 1.807) is 13.8 Å². The van der Waals surface area contributed by atoms with Crippen molar-refractivity contribution in [1.82, 2.24) is 5.32 Å². The zero-order valence-electron chi connectivity index (χ0n) is 9.45. The third kappa shape index (κ3) is 2.28. The van der Waals surface area contributed by atoms with Crippen molar-refractivity contribution in [2.45, 2.75) is 51.6 Å². The Hall–Kier alpha value is -0.700. The summed E-state index contributed by atoms with van der Waals surface area (Å²) in [6.45, 7) is 3.33. The van der Waals surface area contributed by atoms with Crippen LogP contribution in [0.5, 0.6) is 0 Å². The second-order valence-electron chi connectivity index (χ2n) is 5.18. The molecule has 4 atom stereocenters. The first-order chi connectivity index (χ1) is 7.06. The van der Waals surface area contributed by atoms with E-state index in [4.69, 9.17) is 0 Å². The summed E-state index contributed by atoms with van der Waals surface area (Å²) in [7, 11) is 0. The molecule has 0 aromatic heterocycles. The zero-order chi connectivity index (χ0) is 11.0. The third-order valence-corrected chi connectivity index (χ3v) is 3.78. The van der Waals surface area contributed by atoms with Gasteiger partial charge in [0.2, 0.25) is 0 Å². The minimum atomic E-state index is 0.289. The highest BCUT2D eigenvalue weighted by atomic mass is 16.1. The molecule has 0 saturated carbocycles. The van der Waals surface area contributed by atoms with Crippen LogP contribution < -0.4 is 5.32 Å². The second-order valence-corrected chi connectivity index (χ2v) is 5.18. The number of Topliss-reactive ketones (excluding diaryl/α,β-unsaturated/α-hetero) is 2. The van der Waals surface area contributed by atoms with E-state index in [9.17, 15) is 9.59 Å². The van der Waals surface area contributed by atoms with Gasteiger partial charge in [0.05, 0.1) is 0 Å². The molecule has 3 heteroatoms. The zero-order valence-corrected chi connectivity index (χ0v) is 9.45. The van der Waals surface area contributed by atoms with Crippen LogP contribution in [0.3, 0.4) is 0 Å². The number of hydrogen-bond donors (Lipinski definition) is 1. The standard InChI is InChI=1S/C12H19NO2/c1-7(14)3-9-5-12-10(4-8(2)15)6-11(9)13-12/h9-13H,3-6H2,1-2H3. The van der Waals surface area contributed by atoms with Gasteiger partial charge in [-0.15, -0.1) is 0 Å². The smallest absolute Gasteiger partial charge is 0.130 e. The summed E-state index contributed by atoms with van der Waals surface area (Å²) in [6, 6.07) is 0.978. The van der Waals surface area contributed by atoms with Gasteiger partial charge in [0.25, 0.3) is 0 Å². The summed E-state index contributed by atoms with van der Waals surface area (Å²) in [5, 5.41) is 3.53. The largest absolute Gasteiger partial charge is 0.311 e. The molecule has 2 bridgehead atoms. The van der Waals surface area contributed by atoms with E-state index < -0.39 is 0 Å². The monoisotopic (exact) mass is 209 g/mol. The first-order valence-electron chi connectivity index (χ1n) is 5.81. The van der Waals surface area contributed by atoms with Crippen molar-refractivity contribution < 1.29 is 9.59 Å². The summed E-state index contributed by atoms with van der Waals surface area (Å²) < 4.78 is 0. The van der Waals surface area contributed by atoms with Crippen molar-refractivity contribution in [3.63, 3.8) is 0 Å². The van der Waals surface area contributed by atoms with Gasteiger partial charge in [0, 0.05) is 24.9 Å². The quantitative estimate of drug-likeness (QED) is 0.759. The van der Waals surface area contributed by atoms with Gasteiger partial charge in [-0.25, -0.2) is 0 Å². The first kappa shape index (κ1) is 10.8. The molecule has 3 nitrogen and oxygen atoms in total. The molecular weight excluding hydrogens is 190 g/mol. The number of carbonyl (C=O) groups excluding carboxylic acids is 2. The predicted octanol–water partition coefficient (Wildman–Crippen LogP) is 1.31. The molecule has 0 aromatic carbocycles. The van der Waals surface area contributed by atoms with Crippen molar-refractivity contribution in [2.24, 2.45) is 11.8 Å². The van der Waals surface area contributed by atoms with E-state index in [1.807, 2.05) is 0 Å². The van der Waals surface area contributed by atoms with Crippen molar-refractivity contribution in [1.29, 1.82) is 0 Å². The Kier molecular flexibility index (Phi) is 2.91. The number of fused-ring (bicyclic) bond motifs is 2. The Morgan fingerprint density at radius 2 is 1.40 bits per heavy atom. The van der Waals surface area contributed by atoms with E-state index in [-0.39, 0.29) is 11.6 Å². The van der Waals surface area contributed by atoms with Gasteiger partial charge in [0.1, 0.15) is 11.6 Å². The Bertz CT molecular complexity index is 259. The number of ketones is 2. The lowest BCUT2D eigenvalue weighted by Gasteiger charge is -2.24. The molecular formula is C12H19NO2. The molecule has 0 aliphatic carbocycles. The Labute approximate surface area is 90.6 Å². The van der Waals surface area contributed by atoms with Gasteiger partial charge in [-0.05, 0) is 38.5 Å². The molecule has 0 amide bonds. The van der Waals surface area contributed by atoms with Gasteiger partial charge in [-0.1, -0.05) is 0 Å². The number of nitrogens with one attached hydrogen (secondary N) is 1. The van der Waals surface area contributed by atoms with Crippen LogP contribution in [0, 0.1) is 11.8 Å². The summed E-state index contributed by atoms with van der Waals surface area (Å²) in [4.78, 5) is 22.1. The highest BCUT2D eigenvalue weighted by Crippen LogP contribution is 2.40. The van der Waals surface area contributed by atoms with Crippen LogP contribution in [-0.2, 0) is 9.59 Å². The van der Waals surface area contributed by atoms with E-state index in [0.29, 0.717) is 36.8 Å². The van der Waals surface area contributed by atoms with Gasteiger partial charge < -0.3 is 14.9 Å². The van der Waals surface area contributed by atoms with E-state index in [0.717, 1.165) is 12.8 Å². The number of carbonyl (C=O) groups is 2. The van der Waals surface area contributed by atoms with Crippen molar-refractivity contribution in [3.05, 3.63) is 0 Å². The van der Waals surface area contributed by atoms with Gasteiger partial charge in [0.15, 0.2) is 0 Å². The maximum Gasteiger partial charge on any atom is 0.130 e. The minimum absolute atomic E-state index is 0.289. The van der Waals surface area contributed by atoms with Crippen LogP contribution in [-0.4, -0.2) is 23.7 Å². The third-order valence-electron chi connectivity index (χ3n) is 3.78. The van der Waals surface area contributed by atoms with Crippen molar-refractivity contribution in [2.75, 3.05) is 0 Å². The molecule has 15 heavy (non-hydrogen) atoms. The van der Waals surface area contributed by atoms with Crippen LogP contribution in [0.15, 0.2) is 0 Å². The fourth-order valence-electron chi connectivity index (χ4n) is 3.24. The van der Waals surface area contributed by atoms with Gasteiger partial charge >= 0.3 is 0 Å². The highest BCUT2D eigenvalue weighted by molar-refractivity contribution is 5.76. The van der Waals surface area contributed by atoms with Crippen LogP contribution in [0.25, 0.3) is 0 Å². The molecule has 0 radical (unpaired) electrons. The second kappa shape index (κ2) is 4.05. The SMILES string of the molecule is CC(=O)CC1CC2NC1CC2CC(C)=O. The average molecular weight is 209 g/mol. The van der Waals surface area contributed by atoms with Crippen LogP contribution in [0.4, 0.5) is 0 Å². The molecule has 2 fully saturated rings. The van der Waals surface area contributed by atoms with Gasteiger partial charge in [-0.3, -0.25) is 0 Å². The predicted molar refractivity (Wildman–Crippen MR) is 57.5 cm³/mol. The van der Waals surface area contributed by atoms with E-state index in [2.05, 4.69) is 5.32 Å². The molecule has 2 aliphatic heterocycles. The highest BCUT2D eigenvalue weighted by Gasteiger charge is 2.45. The fourth-order valence-corrected chi connectivity index (χ4v) is 3.24. The maximum absolute atomic E-state index is 11.1. The summed E-state index contributed by atoms with van der Waals surface area (Å²) in [5.74, 6) is 1.63. The normalized spacial score (nSPS) is 38.3. The van der Waals surface area contributed by atoms with Crippen LogP contribution in [0.2, 0.25) is 0 Å². The molecule has 1 N–H and O–H groups in total. The maximum atomic E-state index is 11.1. The summed E-state index contributed by atoms with van der Waals surface area (Å²) in [5.41, 5.74) is 0. The molecule has 0 aromatic rings. The Balaban J connectivity index is 1.88. The first-order valence-corrected chi connectivity index (χ1v) is 5.81. The molecule has 2 aliphatic rings. The average Bonchev–Trinajstić information content (AvgIpc) is 2.60. The number of rotatable bonds is 4. The van der Waals surface area contributed by atoms with Gasteiger partial charge in [-0.2, -0.15) is 0 Å². The lowest BCUT2D eigenvalue weighted by molar-refractivity contribution is -0.119. The summed E-state index contributed by atoms with van der Waals surface area (Å²) >= 11 is 0. The molecule has 2 heterocycles. The van der Waals surface area contributed by atoms with Crippen LogP contribution in [0.1, 0.15) is 39.5 Å². The minimum Gasteiger partial charge on any atom is -0.311 e. The topological polar surface area (TPSA) is 46.2 Å². The fraction of sp³-hybridized carbons (Fsp3) is 0.833. The van der Waals surface area contributed by atoms with E-state index in [1.165, 1.54) is 0 Å². The molecule has 84 valence electrons. The number of hydrogen-bond acceptors (Lipinski definition) is 3. The molecule has 4 unspecified atom stereocenters. The molecule has 2 saturated heterocycles.